The van der Waals surface area contributed by atoms with Crippen LogP contribution in [0.4, 0.5) is 10.1 Å². The first-order valence-corrected chi connectivity index (χ1v) is 11.3. The third-order valence-electron chi connectivity index (χ3n) is 5.97. The number of pyridine rings is 1. The number of halogens is 1. The van der Waals surface area contributed by atoms with Gasteiger partial charge in [0.25, 0.3) is 0 Å². The van der Waals surface area contributed by atoms with Crippen LogP contribution in [0.25, 0.3) is 0 Å². The average Bonchev–Trinajstić information content (AvgIpc) is 2.89. The molecule has 1 unspecified atom stereocenters. The summed E-state index contributed by atoms with van der Waals surface area (Å²) in [5.41, 5.74) is 2.89. The molecule has 3 aromatic rings. The molecule has 1 aliphatic heterocycles. The predicted molar refractivity (Wildman–Crippen MR) is 128 cm³/mol. The van der Waals surface area contributed by atoms with Crippen LogP contribution in [0, 0.1) is 5.82 Å². The Hall–Kier alpha value is -3.78. The molecule has 8 heteroatoms. The SMILES string of the molecule is O=C(NCc1ccccc1)C(=O)NCC(c1cccnc1)N1CCN(c2ccc(F)cc2)CC1. The number of piperazine rings is 1. The first-order valence-electron chi connectivity index (χ1n) is 11.3. The van der Waals surface area contributed by atoms with E-state index < -0.39 is 11.8 Å². The average molecular weight is 462 g/mol. The van der Waals surface area contributed by atoms with Gasteiger partial charge in [0.1, 0.15) is 5.82 Å². The lowest BCUT2D eigenvalue weighted by atomic mass is 10.1. The molecule has 1 aromatic heterocycles. The lowest BCUT2D eigenvalue weighted by Crippen LogP contribution is -2.50. The first-order chi connectivity index (χ1) is 16.6. The summed E-state index contributed by atoms with van der Waals surface area (Å²) in [6.07, 6.45) is 3.50. The van der Waals surface area contributed by atoms with Gasteiger partial charge in [-0.3, -0.25) is 19.5 Å². The summed E-state index contributed by atoms with van der Waals surface area (Å²) in [6, 6.07) is 19.7. The number of hydrogen-bond acceptors (Lipinski definition) is 5. The van der Waals surface area contributed by atoms with Crippen LogP contribution in [-0.2, 0) is 16.1 Å². The van der Waals surface area contributed by atoms with Crippen LogP contribution < -0.4 is 15.5 Å². The number of anilines is 1. The molecule has 0 bridgehead atoms. The highest BCUT2D eigenvalue weighted by Crippen LogP contribution is 2.23. The van der Waals surface area contributed by atoms with Gasteiger partial charge in [0.05, 0.1) is 6.04 Å². The zero-order valence-corrected chi connectivity index (χ0v) is 18.9. The van der Waals surface area contributed by atoms with Crippen molar-refractivity contribution in [2.24, 2.45) is 0 Å². The zero-order valence-electron chi connectivity index (χ0n) is 18.9. The highest BCUT2D eigenvalue weighted by Gasteiger charge is 2.26. The second-order valence-electron chi connectivity index (χ2n) is 8.18. The number of benzene rings is 2. The Bertz CT molecular complexity index is 1070. The predicted octanol–water partition coefficient (Wildman–Crippen LogP) is 2.52. The van der Waals surface area contributed by atoms with Gasteiger partial charge in [-0.05, 0) is 41.5 Å². The maximum atomic E-state index is 13.3. The van der Waals surface area contributed by atoms with E-state index in [0.29, 0.717) is 13.1 Å². The second kappa shape index (κ2) is 11.4. The summed E-state index contributed by atoms with van der Waals surface area (Å²) in [5, 5.41) is 5.45. The van der Waals surface area contributed by atoms with Gasteiger partial charge in [-0.2, -0.15) is 0 Å². The Morgan fingerprint density at radius 1 is 0.882 bits per heavy atom. The van der Waals surface area contributed by atoms with E-state index in [-0.39, 0.29) is 11.9 Å². The van der Waals surface area contributed by atoms with Crippen molar-refractivity contribution in [3.63, 3.8) is 0 Å². The minimum Gasteiger partial charge on any atom is -0.369 e. The molecule has 2 N–H and O–H groups in total. The largest absolute Gasteiger partial charge is 0.369 e. The lowest BCUT2D eigenvalue weighted by Gasteiger charge is -2.40. The summed E-state index contributed by atoms with van der Waals surface area (Å²) in [7, 11) is 0. The maximum absolute atomic E-state index is 13.3. The van der Waals surface area contributed by atoms with Gasteiger partial charge in [-0.25, -0.2) is 4.39 Å². The molecule has 2 aromatic carbocycles. The normalized spacial score (nSPS) is 14.9. The standard InChI is InChI=1S/C26H28FN5O2/c27-22-8-10-23(11-9-22)31-13-15-32(16-14-31)24(21-7-4-12-28-18-21)19-30-26(34)25(33)29-17-20-5-2-1-3-6-20/h1-12,18,24H,13-17,19H2,(H,29,33)(H,30,34). The van der Waals surface area contributed by atoms with E-state index >= 15 is 0 Å². The maximum Gasteiger partial charge on any atom is 0.309 e. The van der Waals surface area contributed by atoms with Crippen molar-refractivity contribution in [3.8, 4) is 0 Å². The van der Waals surface area contributed by atoms with Crippen molar-refractivity contribution >= 4 is 17.5 Å². The molecule has 0 spiro atoms. The highest BCUT2D eigenvalue weighted by molar-refractivity contribution is 6.35. The Morgan fingerprint density at radius 2 is 1.59 bits per heavy atom. The molecule has 7 nitrogen and oxygen atoms in total. The monoisotopic (exact) mass is 461 g/mol. The minimum atomic E-state index is -0.658. The van der Waals surface area contributed by atoms with E-state index in [1.165, 1.54) is 12.1 Å². The van der Waals surface area contributed by atoms with Crippen molar-refractivity contribution in [1.29, 1.82) is 0 Å². The highest BCUT2D eigenvalue weighted by atomic mass is 19.1. The van der Waals surface area contributed by atoms with Crippen molar-refractivity contribution in [2.45, 2.75) is 12.6 Å². The molecule has 2 heterocycles. The minimum absolute atomic E-state index is 0.116. The number of rotatable bonds is 7. The van der Waals surface area contributed by atoms with Gasteiger partial charge >= 0.3 is 11.8 Å². The number of nitrogens with one attached hydrogen (secondary N) is 2. The number of hydrogen-bond donors (Lipinski definition) is 2. The first kappa shape index (κ1) is 23.4. The number of carbonyl (C=O) groups excluding carboxylic acids is 2. The fraction of sp³-hybridized carbons (Fsp3) is 0.269. The molecule has 0 aliphatic carbocycles. The van der Waals surface area contributed by atoms with Crippen molar-refractivity contribution in [1.82, 2.24) is 20.5 Å². The van der Waals surface area contributed by atoms with Crippen LogP contribution in [-0.4, -0.2) is 54.4 Å². The molecular formula is C26H28FN5O2. The fourth-order valence-electron chi connectivity index (χ4n) is 4.10. The molecule has 0 saturated carbocycles. The molecular weight excluding hydrogens is 433 g/mol. The zero-order chi connectivity index (χ0) is 23.8. The van der Waals surface area contributed by atoms with E-state index in [1.807, 2.05) is 42.5 Å². The van der Waals surface area contributed by atoms with Crippen molar-refractivity contribution in [3.05, 3.63) is 96.1 Å². The summed E-state index contributed by atoms with van der Waals surface area (Å²) in [6.45, 7) is 3.64. The Morgan fingerprint density at radius 3 is 2.26 bits per heavy atom. The molecule has 176 valence electrons. The number of nitrogens with zero attached hydrogens (tertiary/aromatic N) is 3. The van der Waals surface area contributed by atoms with Crippen LogP contribution in [0.3, 0.4) is 0 Å². The molecule has 0 radical (unpaired) electrons. The third-order valence-corrected chi connectivity index (χ3v) is 5.97. The molecule has 4 rings (SSSR count). The van der Waals surface area contributed by atoms with Gasteiger partial charge < -0.3 is 15.5 Å². The van der Waals surface area contributed by atoms with E-state index in [9.17, 15) is 14.0 Å². The summed E-state index contributed by atoms with van der Waals surface area (Å²) < 4.78 is 13.3. The van der Waals surface area contributed by atoms with Crippen LogP contribution in [0.5, 0.6) is 0 Å². The fourth-order valence-corrected chi connectivity index (χ4v) is 4.10. The summed E-state index contributed by atoms with van der Waals surface area (Å²) >= 11 is 0. The Kier molecular flexibility index (Phi) is 7.83. The summed E-state index contributed by atoms with van der Waals surface area (Å²) in [4.78, 5) is 33.5. The van der Waals surface area contributed by atoms with Crippen molar-refractivity contribution < 1.29 is 14.0 Å². The Balaban J connectivity index is 1.35. The molecule has 1 atom stereocenters. The van der Waals surface area contributed by atoms with E-state index in [0.717, 1.165) is 43.0 Å². The van der Waals surface area contributed by atoms with E-state index in [4.69, 9.17) is 0 Å². The van der Waals surface area contributed by atoms with E-state index in [2.05, 4.69) is 25.4 Å². The number of carbonyl (C=O) groups is 2. The molecule has 1 fully saturated rings. The molecule has 1 aliphatic rings. The smallest absolute Gasteiger partial charge is 0.309 e. The topological polar surface area (TPSA) is 77.6 Å². The van der Waals surface area contributed by atoms with Gasteiger partial charge in [-0.1, -0.05) is 36.4 Å². The quantitative estimate of drug-likeness (QED) is 0.529. The van der Waals surface area contributed by atoms with Crippen LogP contribution in [0.15, 0.2) is 79.1 Å². The Labute approximate surface area is 198 Å². The lowest BCUT2D eigenvalue weighted by molar-refractivity contribution is -0.139. The van der Waals surface area contributed by atoms with Gasteiger partial charge in [-0.15, -0.1) is 0 Å². The van der Waals surface area contributed by atoms with Crippen LogP contribution in [0.2, 0.25) is 0 Å². The van der Waals surface area contributed by atoms with Crippen molar-refractivity contribution in [2.75, 3.05) is 37.6 Å². The number of amides is 2. The second-order valence-corrected chi connectivity index (χ2v) is 8.18. The van der Waals surface area contributed by atoms with Gasteiger partial charge in [0.2, 0.25) is 0 Å². The molecule has 1 saturated heterocycles. The number of aromatic nitrogens is 1. The van der Waals surface area contributed by atoms with Gasteiger partial charge in [0, 0.05) is 57.3 Å². The van der Waals surface area contributed by atoms with Crippen LogP contribution >= 0.6 is 0 Å². The molecule has 2 amide bonds. The molecule has 34 heavy (non-hydrogen) atoms. The summed E-state index contributed by atoms with van der Waals surface area (Å²) in [5.74, 6) is -1.56. The third kappa shape index (κ3) is 6.17. The van der Waals surface area contributed by atoms with Crippen LogP contribution in [0.1, 0.15) is 17.2 Å². The van der Waals surface area contributed by atoms with Gasteiger partial charge in [0.15, 0.2) is 0 Å². The van der Waals surface area contributed by atoms with E-state index in [1.54, 1.807) is 24.5 Å².